The number of para-hydroxylation sites is 1. The van der Waals surface area contributed by atoms with Gasteiger partial charge in [0.25, 0.3) is 11.5 Å². The van der Waals surface area contributed by atoms with Gasteiger partial charge < -0.3 is 20.4 Å². The first-order valence-corrected chi connectivity index (χ1v) is 12.1. The predicted octanol–water partition coefficient (Wildman–Crippen LogP) is 2.25. The number of benzene rings is 1. The normalized spacial score (nSPS) is 12.8. The summed E-state index contributed by atoms with van der Waals surface area (Å²) in [5, 5.41) is 0.675. The molecule has 2 aromatic heterocycles. The molecule has 1 aromatic carbocycles. The van der Waals surface area contributed by atoms with Gasteiger partial charge in [-0.05, 0) is 43.4 Å². The van der Waals surface area contributed by atoms with Gasteiger partial charge >= 0.3 is 5.97 Å². The maximum atomic E-state index is 12.7. The van der Waals surface area contributed by atoms with E-state index < -0.39 is 24.4 Å². The van der Waals surface area contributed by atoms with Crippen LogP contribution < -0.4 is 16.2 Å². The second kappa shape index (κ2) is 10.6. The number of nitrogens with zero attached hydrogens (tertiary/aromatic N) is 2. The molecule has 0 saturated heterocycles. The molecule has 10 heteroatoms. The molecule has 1 aliphatic carbocycles. The number of fused-ring (bicyclic) bond motifs is 3. The van der Waals surface area contributed by atoms with Gasteiger partial charge in [-0.2, -0.15) is 0 Å². The molecule has 0 radical (unpaired) electrons. The van der Waals surface area contributed by atoms with E-state index in [0.29, 0.717) is 21.7 Å². The summed E-state index contributed by atoms with van der Waals surface area (Å²) < 4.78 is 5.16. The molecule has 178 valence electrons. The standard InChI is InChI=1S/C24H26N4O5S/c25-18(29)12-13-28(15-6-2-1-3-7-15)20(30)14-33-21(31)11-10-19-26-23(32)22-16-8-4-5-9-17(16)34-24(22)27-19/h1-3,6-7H,4-5,8-14H2,(H2,25,29)(H,26,27,32). The fourth-order valence-corrected chi connectivity index (χ4v) is 5.35. The maximum Gasteiger partial charge on any atom is 0.306 e. The number of carbonyl (C=O) groups is 3. The van der Waals surface area contributed by atoms with E-state index in [0.717, 1.165) is 31.2 Å². The number of hydrogen-bond acceptors (Lipinski definition) is 7. The van der Waals surface area contributed by atoms with Crippen molar-refractivity contribution in [2.45, 2.75) is 44.9 Å². The highest BCUT2D eigenvalue weighted by molar-refractivity contribution is 7.18. The van der Waals surface area contributed by atoms with Crippen LogP contribution in [0, 0.1) is 0 Å². The number of aromatic nitrogens is 2. The van der Waals surface area contributed by atoms with E-state index >= 15 is 0 Å². The fourth-order valence-electron chi connectivity index (χ4n) is 4.07. The molecule has 9 nitrogen and oxygen atoms in total. The van der Waals surface area contributed by atoms with Gasteiger partial charge in [-0.3, -0.25) is 19.2 Å². The lowest BCUT2D eigenvalue weighted by molar-refractivity contribution is -0.147. The Morgan fingerprint density at radius 2 is 1.88 bits per heavy atom. The summed E-state index contributed by atoms with van der Waals surface area (Å²) in [6, 6.07) is 8.78. The van der Waals surface area contributed by atoms with Gasteiger partial charge in [0, 0.05) is 30.0 Å². The van der Waals surface area contributed by atoms with E-state index in [1.165, 1.54) is 9.78 Å². The van der Waals surface area contributed by atoms with Gasteiger partial charge in [0.15, 0.2) is 6.61 Å². The molecule has 34 heavy (non-hydrogen) atoms. The van der Waals surface area contributed by atoms with Gasteiger partial charge in [-0.15, -0.1) is 11.3 Å². The smallest absolute Gasteiger partial charge is 0.306 e. The number of hydrogen-bond donors (Lipinski definition) is 2. The number of primary amides is 1. The lowest BCUT2D eigenvalue weighted by Gasteiger charge is -2.22. The first-order chi connectivity index (χ1) is 16.4. The molecule has 0 bridgehead atoms. The molecule has 0 fully saturated rings. The SMILES string of the molecule is NC(=O)CCN(C(=O)COC(=O)CCc1nc2sc3c(c2c(=O)[nH]1)CCCC3)c1ccccc1. The van der Waals surface area contributed by atoms with Gasteiger partial charge in [0.2, 0.25) is 5.91 Å². The minimum Gasteiger partial charge on any atom is -0.456 e. The quantitative estimate of drug-likeness (QED) is 0.449. The highest BCUT2D eigenvalue weighted by Crippen LogP contribution is 2.33. The fraction of sp³-hybridized carbons (Fsp3) is 0.375. The number of nitrogens with two attached hydrogens (primary N) is 1. The Labute approximate surface area is 199 Å². The largest absolute Gasteiger partial charge is 0.456 e. The number of amides is 2. The summed E-state index contributed by atoms with van der Waals surface area (Å²) in [6.45, 7) is -0.376. The molecule has 0 unspecified atom stereocenters. The minimum atomic E-state index is -0.579. The summed E-state index contributed by atoms with van der Waals surface area (Å²) in [5.41, 5.74) is 6.74. The lowest BCUT2D eigenvalue weighted by Crippen LogP contribution is -2.37. The number of rotatable bonds is 9. The zero-order valence-corrected chi connectivity index (χ0v) is 19.5. The summed E-state index contributed by atoms with van der Waals surface area (Å²) in [5.74, 6) is -1.15. The van der Waals surface area contributed by atoms with Crippen molar-refractivity contribution in [3.05, 3.63) is 57.0 Å². The van der Waals surface area contributed by atoms with E-state index in [-0.39, 0.29) is 31.4 Å². The van der Waals surface area contributed by atoms with Crippen LogP contribution >= 0.6 is 11.3 Å². The maximum absolute atomic E-state index is 12.7. The summed E-state index contributed by atoms with van der Waals surface area (Å²) in [7, 11) is 0. The number of H-pyrrole nitrogens is 1. The van der Waals surface area contributed by atoms with Crippen LogP contribution in [0.15, 0.2) is 35.1 Å². The minimum absolute atomic E-state index is 0.0117. The van der Waals surface area contributed by atoms with Crippen LogP contribution in [0.1, 0.15) is 41.9 Å². The number of thiophene rings is 1. The molecule has 0 aliphatic heterocycles. The zero-order chi connectivity index (χ0) is 24.1. The summed E-state index contributed by atoms with van der Waals surface area (Å²) in [4.78, 5) is 59.4. The number of esters is 1. The van der Waals surface area contributed by atoms with Crippen molar-refractivity contribution in [1.29, 1.82) is 0 Å². The highest BCUT2D eigenvalue weighted by Gasteiger charge is 2.21. The topological polar surface area (TPSA) is 135 Å². The van der Waals surface area contributed by atoms with Crippen molar-refractivity contribution in [1.82, 2.24) is 9.97 Å². The number of anilines is 1. The van der Waals surface area contributed by atoms with Crippen LogP contribution in [0.4, 0.5) is 5.69 Å². The first kappa shape index (κ1) is 23.6. The molecule has 3 N–H and O–H groups in total. The first-order valence-electron chi connectivity index (χ1n) is 11.2. The summed E-state index contributed by atoms with van der Waals surface area (Å²) in [6.07, 6.45) is 4.24. The number of aromatic amines is 1. The zero-order valence-electron chi connectivity index (χ0n) is 18.7. The molecule has 3 aromatic rings. The molecule has 2 heterocycles. The van der Waals surface area contributed by atoms with E-state index in [9.17, 15) is 19.2 Å². The van der Waals surface area contributed by atoms with E-state index in [1.54, 1.807) is 41.7 Å². The van der Waals surface area contributed by atoms with Crippen LogP contribution in [0.5, 0.6) is 0 Å². The molecular weight excluding hydrogens is 456 g/mol. The highest BCUT2D eigenvalue weighted by atomic mass is 32.1. The van der Waals surface area contributed by atoms with Crippen molar-refractivity contribution in [2.75, 3.05) is 18.1 Å². The average Bonchev–Trinajstić information content (AvgIpc) is 3.21. The second-order valence-electron chi connectivity index (χ2n) is 8.16. The third kappa shape index (κ3) is 5.51. The van der Waals surface area contributed by atoms with Crippen LogP contribution in [-0.2, 0) is 38.4 Å². The lowest BCUT2D eigenvalue weighted by atomic mass is 9.97. The van der Waals surface area contributed by atoms with Crippen LogP contribution in [-0.4, -0.2) is 40.9 Å². The molecular formula is C24H26N4O5S. The van der Waals surface area contributed by atoms with Crippen molar-refractivity contribution >= 4 is 45.0 Å². The third-order valence-electron chi connectivity index (χ3n) is 5.75. The van der Waals surface area contributed by atoms with Crippen molar-refractivity contribution in [3.8, 4) is 0 Å². The Bertz CT molecular complexity index is 1270. The van der Waals surface area contributed by atoms with Gasteiger partial charge in [-0.1, -0.05) is 18.2 Å². The Morgan fingerprint density at radius 3 is 2.65 bits per heavy atom. The van der Waals surface area contributed by atoms with Crippen LogP contribution in [0.3, 0.4) is 0 Å². The Hall–Kier alpha value is -3.53. The second-order valence-corrected chi connectivity index (χ2v) is 9.25. The molecule has 1 aliphatic rings. The molecule has 0 saturated carbocycles. The molecule has 4 rings (SSSR count). The van der Waals surface area contributed by atoms with Gasteiger partial charge in [0.05, 0.1) is 11.8 Å². The number of ether oxygens (including phenoxy) is 1. The molecule has 2 amide bonds. The van der Waals surface area contributed by atoms with Gasteiger partial charge in [0.1, 0.15) is 10.7 Å². The molecule has 0 spiro atoms. The van der Waals surface area contributed by atoms with E-state index in [4.69, 9.17) is 10.5 Å². The summed E-state index contributed by atoms with van der Waals surface area (Å²) >= 11 is 1.55. The number of nitrogens with one attached hydrogen (secondary N) is 1. The average molecular weight is 483 g/mol. The Morgan fingerprint density at radius 1 is 1.12 bits per heavy atom. The van der Waals surface area contributed by atoms with Gasteiger partial charge in [-0.25, -0.2) is 4.98 Å². The van der Waals surface area contributed by atoms with E-state index in [2.05, 4.69) is 9.97 Å². The predicted molar refractivity (Wildman–Crippen MR) is 129 cm³/mol. The number of carbonyl (C=O) groups excluding carboxylic acids is 3. The van der Waals surface area contributed by atoms with Crippen molar-refractivity contribution in [3.63, 3.8) is 0 Å². The Kier molecular flexibility index (Phi) is 7.36. The van der Waals surface area contributed by atoms with Crippen LogP contribution in [0.2, 0.25) is 0 Å². The number of aryl methyl sites for hydroxylation is 3. The third-order valence-corrected chi connectivity index (χ3v) is 6.93. The van der Waals surface area contributed by atoms with E-state index in [1.807, 2.05) is 0 Å². The van der Waals surface area contributed by atoms with Crippen molar-refractivity contribution < 1.29 is 19.1 Å². The van der Waals surface area contributed by atoms with Crippen LogP contribution in [0.25, 0.3) is 10.2 Å². The molecule has 0 atom stereocenters. The monoisotopic (exact) mass is 482 g/mol. The Balaban J connectivity index is 1.35. The van der Waals surface area contributed by atoms with Crippen molar-refractivity contribution in [2.24, 2.45) is 5.73 Å².